The molecule has 0 amide bonds. The van der Waals surface area contributed by atoms with Gasteiger partial charge in [-0.3, -0.25) is 9.19 Å². The third-order valence-electron chi connectivity index (χ3n) is 3.38. The number of thiazole rings is 1. The van der Waals surface area contributed by atoms with Crippen LogP contribution in [-0.2, 0) is 16.6 Å². The molecule has 3 rings (SSSR count). The molecule has 0 N–H and O–H groups in total. The maximum Gasteiger partial charge on any atom is 0.123 e. The van der Waals surface area contributed by atoms with Crippen LogP contribution in [0.5, 0.6) is 0 Å². The van der Waals surface area contributed by atoms with Crippen LogP contribution in [0, 0.1) is 11.6 Å². The van der Waals surface area contributed by atoms with Gasteiger partial charge in [-0.05, 0) is 35.4 Å². The summed E-state index contributed by atoms with van der Waals surface area (Å²) in [6.07, 6.45) is 1.69. The van der Waals surface area contributed by atoms with E-state index in [2.05, 4.69) is 4.98 Å². The number of nitrogens with zero attached hydrogens (tertiary/aromatic N) is 1. The average Bonchev–Trinajstić information content (AvgIpc) is 3.04. The number of halogens is 2. The molecule has 1 aromatic heterocycles. The summed E-state index contributed by atoms with van der Waals surface area (Å²) in [6.45, 7) is 0. The second-order valence-corrected chi connectivity index (χ2v) is 7.47. The van der Waals surface area contributed by atoms with Crippen LogP contribution in [0.4, 0.5) is 8.78 Å². The van der Waals surface area contributed by atoms with Crippen molar-refractivity contribution in [2.24, 2.45) is 0 Å². The molecule has 1 unspecified atom stereocenters. The van der Waals surface area contributed by atoms with Gasteiger partial charge in [-0.25, -0.2) is 8.78 Å². The summed E-state index contributed by atoms with van der Waals surface area (Å²) in [4.78, 5) is 4.90. The van der Waals surface area contributed by atoms with Crippen LogP contribution in [0.25, 0.3) is 0 Å². The molecule has 2 nitrogen and oxygen atoms in total. The summed E-state index contributed by atoms with van der Waals surface area (Å²) >= 11 is 1.44. The Balaban J connectivity index is 1.97. The van der Waals surface area contributed by atoms with Gasteiger partial charge in [0.25, 0.3) is 0 Å². The number of rotatable bonds is 5. The lowest BCUT2D eigenvalue weighted by atomic mass is 10.0. The smallest absolute Gasteiger partial charge is 0.123 e. The van der Waals surface area contributed by atoms with Crippen molar-refractivity contribution in [2.45, 2.75) is 11.0 Å². The number of hydrogen-bond acceptors (Lipinski definition) is 3. The van der Waals surface area contributed by atoms with Gasteiger partial charge in [0, 0.05) is 21.9 Å². The van der Waals surface area contributed by atoms with Crippen LogP contribution >= 0.6 is 11.3 Å². The fourth-order valence-corrected chi connectivity index (χ4v) is 4.75. The molecule has 0 saturated heterocycles. The molecule has 0 fully saturated rings. The van der Waals surface area contributed by atoms with E-state index in [1.54, 1.807) is 36.0 Å². The van der Waals surface area contributed by atoms with Gasteiger partial charge in [0.2, 0.25) is 0 Å². The lowest BCUT2D eigenvalue weighted by Gasteiger charge is -2.17. The Morgan fingerprint density at radius 1 is 0.957 bits per heavy atom. The Morgan fingerprint density at radius 2 is 1.48 bits per heavy atom. The van der Waals surface area contributed by atoms with Crippen LogP contribution in [-0.4, -0.2) is 9.19 Å². The van der Waals surface area contributed by atoms with E-state index in [9.17, 15) is 13.0 Å². The van der Waals surface area contributed by atoms with E-state index in [1.165, 1.54) is 35.6 Å². The van der Waals surface area contributed by atoms with Gasteiger partial charge in [0.15, 0.2) is 0 Å². The minimum absolute atomic E-state index is 0.347. The summed E-state index contributed by atoms with van der Waals surface area (Å²) < 4.78 is 39.2. The second-order valence-electron chi connectivity index (χ2n) is 4.98. The molecule has 118 valence electrons. The van der Waals surface area contributed by atoms with Crippen LogP contribution in [0.2, 0.25) is 0 Å². The Hall–Kier alpha value is -1.92. The lowest BCUT2D eigenvalue weighted by molar-refractivity contribution is 0.626. The SMILES string of the molecule is O=S(Cc1cncs1)C(c1ccc(F)cc1)c1ccc(F)cc1. The maximum absolute atomic E-state index is 13.2. The topological polar surface area (TPSA) is 30.0 Å². The minimum Gasteiger partial charge on any atom is -0.258 e. The number of benzene rings is 2. The first-order chi connectivity index (χ1) is 11.1. The van der Waals surface area contributed by atoms with E-state index in [0.29, 0.717) is 5.75 Å². The zero-order valence-corrected chi connectivity index (χ0v) is 13.6. The Bertz CT molecular complexity index is 741. The highest BCUT2D eigenvalue weighted by Crippen LogP contribution is 2.30. The van der Waals surface area contributed by atoms with E-state index in [-0.39, 0.29) is 11.6 Å². The van der Waals surface area contributed by atoms with E-state index in [4.69, 9.17) is 0 Å². The molecule has 6 heteroatoms. The highest BCUT2D eigenvalue weighted by Gasteiger charge is 2.22. The van der Waals surface area contributed by atoms with E-state index in [1.807, 2.05) is 0 Å². The van der Waals surface area contributed by atoms with Crippen LogP contribution in [0.15, 0.2) is 60.2 Å². The third-order valence-corrected chi connectivity index (χ3v) is 6.00. The highest BCUT2D eigenvalue weighted by molar-refractivity contribution is 7.84. The van der Waals surface area contributed by atoms with Crippen molar-refractivity contribution >= 4 is 22.1 Å². The first kappa shape index (κ1) is 16.0. The van der Waals surface area contributed by atoms with Gasteiger partial charge < -0.3 is 0 Å². The van der Waals surface area contributed by atoms with Gasteiger partial charge in [0.1, 0.15) is 11.6 Å². The summed E-state index contributed by atoms with van der Waals surface area (Å²) in [5.41, 5.74) is 3.17. The zero-order valence-electron chi connectivity index (χ0n) is 12.0. The Morgan fingerprint density at radius 3 is 1.91 bits per heavy atom. The third kappa shape index (κ3) is 3.89. The molecule has 3 aromatic rings. The quantitative estimate of drug-likeness (QED) is 0.681. The molecule has 1 atom stereocenters. The highest BCUT2D eigenvalue weighted by atomic mass is 32.2. The largest absolute Gasteiger partial charge is 0.258 e. The minimum atomic E-state index is -1.28. The van der Waals surface area contributed by atoms with Crippen molar-refractivity contribution in [1.29, 1.82) is 0 Å². The summed E-state index contributed by atoms with van der Waals surface area (Å²) in [7, 11) is -1.28. The van der Waals surface area contributed by atoms with Crippen molar-refractivity contribution in [2.75, 3.05) is 0 Å². The fraction of sp³-hybridized carbons (Fsp3) is 0.118. The molecule has 0 saturated carbocycles. The summed E-state index contributed by atoms with van der Waals surface area (Å²) in [6, 6.07) is 11.8. The molecule has 0 spiro atoms. The molecular formula is C17H13F2NOS2. The van der Waals surface area contributed by atoms with Gasteiger partial charge in [0.05, 0.1) is 16.5 Å². The monoisotopic (exact) mass is 349 g/mol. The summed E-state index contributed by atoms with van der Waals surface area (Å²) in [5.74, 6) is -0.343. The van der Waals surface area contributed by atoms with E-state index in [0.717, 1.165) is 16.0 Å². The second kappa shape index (κ2) is 7.10. The molecule has 23 heavy (non-hydrogen) atoms. The standard InChI is InChI=1S/C17H13F2NOS2/c18-14-5-1-12(2-6-14)17(13-3-7-15(19)8-4-13)23(21)10-16-9-20-11-22-16/h1-9,11,17H,10H2. The Labute approximate surface area is 139 Å². The molecule has 0 aliphatic rings. The first-order valence-electron chi connectivity index (χ1n) is 6.89. The Kier molecular flexibility index (Phi) is 4.93. The number of hydrogen-bond donors (Lipinski definition) is 0. The molecule has 2 aromatic carbocycles. The maximum atomic E-state index is 13.2. The molecule has 1 heterocycles. The van der Waals surface area contributed by atoms with Crippen molar-refractivity contribution in [1.82, 2.24) is 4.98 Å². The number of aromatic nitrogens is 1. The van der Waals surface area contributed by atoms with E-state index >= 15 is 0 Å². The fourth-order valence-electron chi connectivity index (χ4n) is 2.31. The summed E-state index contributed by atoms with van der Waals surface area (Å²) in [5, 5.41) is -0.446. The van der Waals surface area contributed by atoms with Gasteiger partial charge in [-0.15, -0.1) is 11.3 Å². The molecule has 0 radical (unpaired) electrons. The molecule has 0 bridgehead atoms. The van der Waals surface area contributed by atoms with E-state index < -0.39 is 16.0 Å². The van der Waals surface area contributed by atoms with Crippen molar-refractivity contribution in [3.8, 4) is 0 Å². The normalized spacial score (nSPS) is 12.5. The zero-order chi connectivity index (χ0) is 16.2. The predicted octanol–water partition coefficient (Wildman–Crippen LogP) is 4.46. The average molecular weight is 349 g/mol. The molecular weight excluding hydrogens is 336 g/mol. The van der Waals surface area contributed by atoms with Crippen LogP contribution in [0.1, 0.15) is 21.3 Å². The molecule has 0 aliphatic carbocycles. The van der Waals surface area contributed by atoms with Crippen molar-refractivity contribution < 1.29 is 13.0 Å². The van der Waals surface area contributed by atoms with Crippen molar-refractivity contribution in [3.05, 3.63) is 87.9 Å². The van der Waals surface area contributed by atoms with Gasteiger partial charge >= 0.3 is 0 Å². The van der Waals surface area contributed by atoms with Crippen LogP contribution in [0.3, 0.4) is 0 Å². The molecule has 0 aliphatic heterocycles. The first-order valence-corrected chi connectivity index (χ1v) is 9.15. The van der Waals surface area contributed by atoms with Crippen LogP contribution < -0.4 is 0 Å². The van der Waals surface area contributed by atoms with Gasteiger partial charge in [-0.2, -0.15) is 0 Å². The lowest BCUT2D eigenvalue weighted by Crippen LogP contribution is -2.10. The predicted molar refractivity (Wildman–Crippen MR) is 88.6 cm³/mol. The van der Waals surface area contributed by atoms with Crippen molar-refractivity contribution in [3.63, 3.8) is 0 Å². The van der Waals surface area contributed by atoms with Gasteiger partial charge in [-0.1, -0.05) is 24.3 Å².